The fourth-order valence-electron chi connectivity index (χ4n) is 2.73. The van der Waals surface area contributed by atoms with Gasteiger partial charge in [0.05, 0.1) is 0 Å². The Labute approximate surface area is 121 Å². The van der Waals surface area contributed by atoms with Crippen LogP contribution in [-0.2, 0) is 6.42 Å². The number of likely N-dealkylation sites (N-methyl/N-ethyl adjacent to an activating group) is 2. The van der Waals surface area contributed by atoms with Crippen molar-refractivity contribution >= 4 is 11.3 Å². The van der Waals surface area contributed by atoms with Crippen LogP contribution in [0.5, 0.6) is 0 Å². The van der Waals surface area contributed by atoms with Gasteiger partial charge in [0.25, 0.3) is 0 Å². The number of hydrogen-bond acceptors (Lipinski definition) is 4. The van der Waals surface area contributed by atoms with Crippen LogP contribution in [-0.4, -0.2) is 62.7 Å². The third-order valence-corrected chi connectivity index (χ3v) is 4.93. The summed E-state index contributed by atoms with van der Waals surface area (Å²) in [5.41, 5.74) is 0. The zero-order chi connectivity index (χ0) is 13.5. The Balaban J connectivity index is 1.54. The molecule has 1 aliphatic heterocycles. The fourth-order valence-corrected chi connectivity index (χ4v) is 3.44. The second kappa shape index (κ2) is 8.00. The highest BCUT2D eigenvalue weighted by atomic mass is 32.1. The van der Waals surface area contributed by atoms with Crippen molar-refractivity contribution < 1.29 is 0 Å². The summed E-state index contributed by atoms with van der Waals surface area (Å²) in [4.78, 5) is 6.46. The van der Waals surface area contributed by atoms with E-state index in [4.69, 9.17) is 0 Å². The van der Waals surface area contributed by atoms with Crippen LogP contribution in [0.3, 0.4) is 0 Å². The highest BCUT2D eigenvalue weighted by Gasteiger charge is 2.20. The molecule has 108 valence electrons. The summed E-state index contributed by atoms with van der Waals surface area (Å²) in [6, 6.07) is 5.10. The quantitative estimate of drug-likeness (QED) is 0.770. The Hall–Kier alpha value is -0.420. The second-order valence-electron chi connectivity index (χ2n) is 5.62. The maximum atomic E-state index is 3.56. The first kappa shape index (κ1) is 15.0. The zero-order valence-corrected chi connectivity index (χ0v) is 13.1. The van der Waals surface area contributed by atoms with Crippen molar-refractivity contribution in [2.75, 3.05) is 46.8 Å². The van der Waals surface area contributed by atoms with E-state index in [0.29, 0.717) is 0 Å². The Bertz CT molecular complexity index is 339. The van der Waals surface area contributed by atoms with Gasteiger partial charge < -0.3 is 15.1 Å². The lowest BCUT2D eigenvalue weighted by Gasteiger charge is -2.35. The maximum absolute atomic E-state index is 3.56. The summed E-state index contributed by atoms with van der Waals surface area (Å²) in [5.74, 6) is 0. The molecule has 2 rings (SSSR count). The molecule has 1 aromatic rings. The van der Waals surface area contributed by atoms with Crippen molar-refractivity contribution in [3.8, 4) is 0 Å². The van der Waals surface area contributed by atoms with E-state index in [9.17, 15) is 0 Å². The molecule has 0 amide bonds. The summed E-state index contributed by atoms with van der Waals surface area (Å²) < 4.78 is 0. The van der Waals surface area contributed by atoms with Crippen LogP contribution in [0.25, 0.3) is 0 Å². The smallest absolute Gasteiger partial charge is 0.0221 e. The summed E-state index contributed by atoms with van der Waals surface area (Å²) in [6.07, 6.45) is 3.86. The van der Waals surface area contributed by atoms with E-state index < -0.39 is 0 Å². The van der Waals surface area contributed by atoms with Gasteiger partial charge in [-0.2, -0.15) is 0 Å². The van der Waals surface area contributed by atoms with Gasteiger partial charge in [-0.3, -0.25) is 0 Å². The molecular formula is C15H27N3S. The monoisotopic (exact) mass is 281 g/mol. The lowest BCUT2D eigenvalue weighted by atomic mass is 10.1. The molecule has 1 atom stereocenters. The highest BCUT2D eigenvalue weighted by Crippen LogP contribution is 2.12. The van der Waals surface area contributed by atoms with Crippen LogP contribution in [0.15, 0.2) is 17.5 Å². The highest BCUT2D eigenvalue weighted by molar-refractivity contribution is 7.09. The largest absolute Gasteiger partial charge is 0.315 e. The lowest BCUT2D eigenvalue weighted by Crippen LogP contribution is -2.46. The lowest BCUT2D eigenvalue weighted by molar-refractivity contribution is 0.135. The van der Waals surface area contributed by atoms with Gasteiger partial charge in [-0.1, -0.05) is 6.07 Å². The van der Waals surface area contributed by atoms with E-state index in [1.165, 1.54) is 30.8 Å². The summed E-state index contributed by atoms with van der Waals surface area (Å²) in [7, 11) is 4.50. The van der Waals surface area contributed by atoms with Gasteiger partial charge in [0, 0.05) is 37.1 Å². The summed E-state index contributed by atoms with van der Waals surface area (Å²) >= 11 is 1.85. The maximum Gasteiger partial charge on any atom is 0.0221 e. The van der Waals surface area contributed by atoms with Crippen molar-refractivity contribution in [3.05, 3.63) is 22.4 Å². The standard InChI is InChI=1S/C15H27N3S/c1-17-10-3-5-14(13-17)18(2)11-9-16-8-7-15-6-4-12-19-15/h4,6,12,14,16H,3,5,7-11,13H2,1-2H3. The number of rotatable bonds is 7. The van der Waals surface area contributed by atoms with E-state index in [2.05, 4.69) is 46.7 Å². The molecule has 0 spiro atoms. The minimum Gasteiger partial charge on any atom is -0.315 e. The fraction of sp³-hybridized carbons (Fsp3) is 0.733. The Kier molecular flexibility index (Phi) is 6.31. The Morgan fingerprint density at radius 1 is 1.47 bits per heavy atom. The Morgan fingerprint density at radius 3 is 3.11 bits per heavy atom. The third kappa shape index (κ3) is 5.22. The predicted molar refractivity (Wildman–Crippen MR) is 84.0 cm³/mol. The molecule has 0 aromatic carbocycles. The SMILES string of the molecule is CN1CCCC(N(C)CCNCCc2cccs2)C1. The first-order valence-corrected chi connectivity index (χ1v) is 8.25. The molecule has 1 fully saturated rings. The minimum absolute atomic E-state index is 0.748. The third-order valence-electron chi connectivity index (χ3n) is 3.99. The average molecular weight is 281 g/mol. The van der Waals surface area contributed by atoms with Gasteiger partial charge in [0.15, 0.2) is 0 Å². The van der Waals surface area contributed by atoms with E-state index in [1.807, 2.05) is 11.3 Å². The van der Waals surface area contributed by atoms with Gasteiger partial charge in [0.1, 0.15) is 0 Å². The number of piperidine rings is 1. The molecule has 0 radical (unpaired) electrons. The number of hydrogen-bond donors (Lipinski definition) is 1. The molecule has 19 heavy (non-hydrogen) atoms. The van der Waals surface area contributed by atoms with Gasteiger partial charge in [-0.25, -0.2) is 0 Å². The molecule has 0 saturated carbocycles. The topological polar surface area (TPSA) is 18.5 Å². The molecule has 2 heterocycles. The first-order chi connectivity index (χ1) is 9.25. The van der Waals surface area contributed by atoms with Crippen molar-refractivity contribution in [1.29, 1.82) is 0 Å². The summed E-state index contributed by atoms with van der Waals surface area (Å²) in [5, 5.41) is 5.71. The van der Waals surface area contributed by atoms with Crippen molar-refractivity contribution in [2.24, 2.45) is 0 Å². The molecule has 3 nitrogen and oxygen atoms in total. The first-order valence-electron chi connectivity index (χ1n) is 7.37. The molecule has 1 aromatic heterocycles. The van der Waals surface area contributed by atoms with Gasteiger partial charge in [-0.05, 0) is 51.3 Å². The van der Waals surface area contributed by atoms with Crippen molar-refractivity contribution in [2.45, 2.75) is 25.3 Å². The number of likely N-dealkylation sites (tertiary alicyclic amines) is 1. The molecule has 4 heteroatoms. The zero-order valence-electron chi connectivity index (χ0n) is 12.3. The average Bonchev–Trinajstić information content (AvgIpc) is 2.91. The molecule has 0 aliphatic carbocycles. The van der Waals surface area contributed by atoms with Crippen LogP contribution in [0.2, 0.25) is 0 Å². The molecule has 0 bridgehead atoms. The number of nitrogens with one attached hydrogen (secondary N) is 1. The van der Waals surface area contributed by atoms with Gasteiger partial charge >= 0.3 is 0 Å². The van der Waals surface area contributed by atoms with Crippen molar-refractivity contribution in [3.63, 3.8) is 0 Å². The molecule has 1 N–H and O–H groups in total. The van der Waals surface area contributed by atoms with Crippen molar-refractivity contribution in [1.82, 2.24) is 15.1 Å². The van der Waals surface area contributed by atoms with E-state index in [0.717, 1.165) is 32.1 Å². The van der Waals surface area contributed by atoms with Gasteiger partial charge in [0.2, 0.25) is 0 Å². The summed E-state index contributed by atoms with van der Waals surface area (Å²) in [6.45, 7) is 5.85. The molecule has 1 aliphatic rings. The van der Waals surface area contributed by atoms with E-state index in [-0.39, 0.29) is 0 Å². The van der Waals surface area contributed by atoms with Crippen LogP contribution in [0.4, 0.5) is 0 Å². The van der Waals surface area contributed by atoms with E-state index >= 15 is 0 Å². The van der Waals surface area contributed by atoms with Gasteiger partial charge in [-0.15, -0.1) is 11.3 Å². The predicted octanol–water partition coefficient (Wildman–Crippen LogP) is 1.91. The molecule has 1 unspecified atom stereocenters. The van der Waals surface area contributed by atoms with Crippen LogP contribution < -0.4 is 5.32 Å². The second-order valence-corrected chi connectivity index (χ2v) is 6.65. The molecular weight excluding hydrogens is 254 g/mol. The Morgan fingerprint density at radius 2 is 2.37 bits per heavy atom. The number of nitrogens with zero attached hydrogens (tertiary/aromatic N) is 2. The van der Waals surface area contributed by atoms with E-state index in [1.54, 1.807) is 0 Å². The molecule has 1 saturated heterocycles. The van der Waals surface area contributed by atoms with Crippen LogP contribution in [0.1, 0.15) is 17.7 Å². The van der Waals surface area contributed by atoms with Crippen LogP contribution >= 0.6 is 11.3 Å². The minimum atomic E-state index is 0.748. The normalized spacial score (nSPS) is 21.1. The number of thiophene rings is 1. The van der Waals surface area contributed by atoms with Crippen LogP contribution in [0, 0.1) is 0 Å².